The number of nitrogens with zero attached hydrogens (tertiary/aromatic N) is 2. The van der Waals surface area contributed by atoms with Crippen molar-refractivity contribution in [3.63, 3.8) is 0 Å². The summed E-state index contributed by atoms with van der Waals surface area (Å²) in [5.74, 6) is 0.431. The molecule has 3 aromatic carbocycles. The third-order valence-electron chi connectivity index (χ3n) is 7.05. The van der Waals surface area contributed by atoms with Crippen LogP contribution in [0.4, 0.5) is 0 Å². The van der Waals surface area contributed by atoms with Gasteiger partial charge in [0.25, 0.3) is 0 Å². The molecule has 6 heteroatoms. The second-order valence-corrected chi connectivity index (χ2v) is 9.75. The number of amides is 1. The smallest absolute Gasteiger partial charge is 0.243 e. The highest BCUT2D eigenvalue weighted by molar-refractivity contribution is 5.87. The van der Waals surface area contributed by atoms with E-state index >= 15 is 0 Å². The van der Waals surface area contributed by atoms with Gasteiger partial charge in [-0.05, 0) is 48.2 Å². The van der Waals surface area contributed by atoms with Crippen LogP contribution in [-0.4, -0.2) is 67.2 Å². The van der Waals surface area contributed by atoms with Gasteiger partial charge in [-0.15, -0.1) is 0 Å². The predicted octanol–water partition coefficient (Wildman–Crippen LogP) is 5.27. The fourth-order valence-electron chi connectivity index (χ4n) is 4.97. The Morgan fingerprint density at radius 2 is 1.59 bits per heavy atom. The van der Waals surface area contributed by atoms with Crippen LogP contribution in [0.2, 0.25) is 0 Å². The van der Waals surface area contributed by atoms with Gasteiger partial charge in [0.1, 0.15) is 0 Å². The van der Waals surface area contributed by atoms with Crippen LogP contribution in [0.3, 0.4) is 0 Å². The average molecular weight is 526 g/mol. The summed E-state index contributed by atoms with van der Waals surface area (Å²) >= 11 is 0. The molecule has 39 heavy (non-hydrogen) atoms. The number of methoxy groups -OCH3 is 1. The summed E-state index contributed by atoms with van der Waals surface area (Å²) < 4.78 is 5.11. The molecule has 0 bridgehead atoms. The lowest BCUT2D eigenvalue weighted by atomic mass is 9.96. The number of rotatable bonds is 12. The lowest BCUT2D eigenvalue weighted by Crippen LogP contribution is -2.48. The summed E-state index contributed by atoms with van der Waals surface area (Å²) in [6.07, 6.45) is 8.92. The van der Waals surface area contributed by atoms with Crippen LogP contribution in [0, 0.1) is 0 Å². The molecule has 0 aliphatic carbocycles. The van der Waals surface area contributed by atoms with Crippen molar-refractivity contribution in [1.29, 1.82) is 0 Å². The molecule has 0 saturated carbocycles. The van der Waals surface area contributed by atoms with E-state index in [1.54, 1.807) is 30.4 Å². The third kappa shape index (κ3) is 8.57. The van der Waals surface area contributed by atoms with Gasteiger partial charge in [-0.25, -0.2) is 0 Å². The van der Waals surface area contributed by atoms with Gasteiger partial charge in [-0.2, -0.15) is 0 Å². The Bertz CT molecular complexity index is 1180. The van der Waals surface area contributed by atoms with E-state index in [-0.39, 0.29) is 17.7 Å². The fraction of sp³-hybridized carbons (Fsp3) is 0.303. The van der Waals surface area contributed by atoms with Crippen molar-refractivity contribution < 1.29 is 14.6 Å². The fourth-order valence-corrected chi connectivity index (χ4v) is 4.97. The number of phenols is 1. The van der Waals surface area contributed by atoms with Gasteiger partial charge in [0.2, 0.25) is 5.91 Å². The minimum absolute atomic E-state index is 0.0931. The van der Waals surface area contributed by atoms with E-state index in [0.717, 1.165) is 51.1 Å². The number of hydrogen-bond donors (Lipinski definition) is 2. The van der Waals surface area contributed by atoms with Crippen LogP contribution in [0.1, 0.15) is 35.6 Å². The molecule has 1 amide bonds. The first-order chi connectivity index (χ1) is 19.1. The minimum atomic E-state index is -0.0931. The molecule has 0 radical (unpaired) electrons. The molecule has 0 aromatic heterocycles. The number of piperazine rings is 1. The lowest BCUT2D eigenvalue weighted by molar-refractivity contribution is -0.116. The number of phenolic OH excluding ortho intramolecular Hbond substituents is 1. The van der Waals surface area contributed by atoms with Gasteiger partial charge in [0.05, 0.1) is 13.2 Å². The quantitative estimate of drug-likeness (QED) is 0.192. The van der Waals surface area contributed by atoms with Crippen molar-refractivity contribution in [2.75, 3.05) is 46.4 Å². The topological polar surface area (TPSA) is 65.0 Å². The van der Waals surface area contributed by atoms with Crippen molar-refractivity contribution in [2.24, 2.45) is 0 Å². The van der Waals surface area contributed by atoms with Crippen molar-refractivity contribution in [3.05, 3.63) is 114 Å². The van der Waals surface area contributed by atoms with Crippen molar-refractivity contribution >= 4 is 12.0 Å². The molecule has 6 nitrogen and oxygen atoms in total. The summed E-state index contributed by atoms with van der Waals surface area (Å²) in [5.41, 5.74) is 3.57. The van der Waals surface area contributed by atoms with E-state index in [1.807, 2.05) is 6.08 Å². The van der Waals surface area contributed by atoms with E-state index in [0.29, 0.717) is 12.3 Å². The zero-order chi connectivity index (χ0) is 27.3. The molecular weight excluding hydrogens is 486 g/mol. The molecule has 2 N–H and O–H groups in total. The molecular formula is C33H39N3O3. The highest BCUT2D eigenvalue weighted by Gasteiger charge is 2.26. The molecule has 3 aromatic rings. The zero-order valence-electron chi connectivity index (χ0n) is 22.7. The molecule has 0 atom stereocenters. The number of ether oxygens (including phenoxy) is 1. The number of nitrogens with one attached hydrogen (secondary N) is 1. The van der Waals surface area contributed by atoms with E-state index in [1.165, 1.54) is 24.3 Å². The molecule has 1 fully saturated rings. The molecule has 1 aliphatic rings. The molecule has 0 unspecified atom stereocenters. The van der Waals surface area contributed by atoms with Crippen LogP contribution in [0.5, 0.6) is 11.5 Å². The number of unbranched alkanes of at least 4 members (excludes halogenated alkanes) is 1. The summed E-state index contributed by atoms with van der Waals surface area (Å²) in [6.45, 7) is 5.93. The summed E-state index contributed by atoms with van der Waals surface area (Å²) in [5, 5.41) is 12.6. The first kappa shape index (κ1) is 28.1. The van der Waals surface area contributed by atoms with E-state index in [4.69, 9.17) is 4.74 Å². The summed E-state index contributed by atoms with van der Waals surface area (Å²) in [7, 11) is 1.52. The highest BCUT2D eigenvalue weighted by Crippen LogP contribution is 2.29. The van der Waals surface area contributed by atoms with E-state index in [9.17, 15) is 9.90 Å². The van der Waals surface area contributed by atoms with Crippen LogP contribution < -0.4 is 10.1 Å². The summed E-state index contributed by atoms with van der Waals surface area (Å²) in [6, 6.07) is 27.0. The Labute approximate surface area is 232 Å². The van der Waals surface area contributed by atoms with Crippen LogP contribution in [-0.2, 0) is 4.79 Å². The van der Waals surface area contributed by atoms with Gasteiger partial charge in [-0.1, -0.05) is 85.0 Å². The molecule has 1 saturated heterocycles. The summed E-state index contributed by atoms with van der Waals surface area (Å²) in [4.78, 5) is 17.2. The molecule has 204 valence electrons. The number of benzene rings is 3. The van der Waals surface area contributed by atoms with Gasteiger partial charge in [0.15, 0.2) is 11.5 Å². The first-order valence-corrected chi connectivity index (χ1v) is 13.7. The van der Waals surface area contributed by atoms with Gasteiger partial charge >= 0.3 is 0 Å². The lowest BCUT2D eigenvalue weighted by Gasteiger charge is -2.39. The van der Waals surface area contributed by atoms with E-state index in [2.05, 4.69) is 75.8 Å². The Hall–Kier alpha value is -3.87. The standard InChI is InChI=1S/C33H39N3O3/c1-39-31-26-27(18-19-30(31)37)12-8-9-17-32(38)34-20-10-11-21-35-22-24-36(25-23-35)33(28-13-4-2-5-14-28)29-15-6-3-7-16-29/h2-9,12-19,26,33,37H,10-11,20-25H2,1H3,(H,34,38). The first-order valence-electron chi connectivity index (χ1n) is 13.7. The van der Waals surface area contributed by atoms with Gasteiger partial charge < -0.3 is 20.1 Å². The number of hydrogen-bond acceptors (Lipinski definition) is 5. The van der Waals surface area contributed by atoms with Crippen molar-refractivity contribution in [3.8, 4) is 11.5 Å². The number of carbonyl (C=O) groups excluding carboxylic acids is 1. The Balaban J connectivity index is 1.14. The maximum Gasteiger partial charge on any atom is 0.243 e. The Morgan fingerprint density at radius 1 is 0.923 bits per heavy atom. The SMILES string of the molecule is COc1cc(C=CC=CC(=O)NCCCCN2CCN(C(c3ccccc3)c3ccccc3)CC2)ccc1O. The Kier molecular flexibility index (Phi) is 10.8. The highest BCUT2D eigenvalue weighted by atomic mass is 16.5. The third-order valence-corrected chi connectivity index (χ3v) is 7.05. The number of aromatic hydroxyl groups is 1. The monoisotopic (exact) mass is 525 g/mol. The second-order valence-electron chi connectivity index (χ2n) is 9.75. The molecule has 0 spiro atoms. The van der Waals surface area contributed by atoms with Gasteiger partial charge in [0, 0.05) is 38.8 Å². The zero-order valence-corrected chi connectivity index (χ0v) is 22.7. The normalized spacial score (nSPS) is 14.8. The Morgan fingerprint density at radius 3 is 2.23 bits per heavy atom. The van der Waals surface area contributed by atoms with Gasteiger partial charge in [-0.3, -0.25) is 9.69 Å². The number of allylic oxidation sites excluding steroid dienone is 2. The second kappa shape index (κ2) is 14.9. The van der Waals surface area contributed by atoms with E-state index < -0.39 is 0 Å². The maximum atomic E-state index is 12.1. The largest absolute Gasteiger partial charge is 0.504 e. The molecule has 1 aliphatic heterocycles. The number of carbonyl (C=O) groups is 1. The average Bonchev–Trinajstić information content (AvgIpc) is 2.98. The van der Waals surface area contributed by atoms with Crippen LogP contribution >= 0.6 is 0 Å². The molecule has 1 heterocycles. The van der Waals surface area contributed by atoms with Crippen LogP contribution in [0.25, 0.3) is 6.08 Å². The maximum absolute atomic E-state index is 12.1. The van der Waals surface area contributed by atoms with Crippen molar-refractivity contribution in [2.45, 2.75) is 18.9 Å². The van der Waals surface area contributed by atoms with Crippen molar-refractivity contribution in [1.82, 2.24) is 15.1 Å². The van der Waals surface area contributed by atoms with Crippen LogP contribution in [0.15, 0.2) is 97.1 Å². The predicted molar refractivity (Wildman–Crippen MR) is 158 cm³/mol. The minimum Gasteiger partial charge on any atom is -0.504 e. The molecule has 4 rings (SSSR count).